The summed E-state index contributed by atoms with van der Waals surface area (Å²) in [4.78, 5) is 14.4. The maximum atomic E-state index is 13.4. The van der Waals surface area contributed by atoms with Crippen molar-refractivity contribution in [3.8, 4) is 0 Å². The summed E-state index contributed by atoms with van der Waals surface area (Å²) in [5.41, 5.74) is 0.387. The Balaban J connectivity index is 2.25. The summed E-state index contributed by atoms with van der Waals surface area (Å²) in [5, 5.41) is 10.7. The number of nitro benzene ring substituents is 1. The number of piperazine rings is 1. The number of hydrogen-bond donors (Lipinski definition) is 0. The van der Waals surface area contributed by atoms with Crippen LogP contribution in [0.4, 0.5) is 15.8 Å². The predicted molar refractivity (Wildman–Crippen MR) is 67.4 cm³/mol. The van der Waals surface area contributed by atoms with Gasteiger partial charge in [0.05, 0.1) is 11.0 Å². The molecule has 1 aliphatic rings. The van der Waals surface area contributed by atoms with Gasteiger partial charge in [0.2, 0.25) is 0 Å². The molecule has 1 heterocycles. The number of hydrogen-bond acceptors (Lipinski definition) is 4. The SMILES string of the molecule is CC1CN(c2cc(F)cc([N+](=O)[O-])c2)CCN1C. The molecule has 2 rings (SSSR count). The van der Waals surface area contributed by atoms with E-state index in [0.29, 0.717) is 11.7 Å². The molecule has 0 bridgehead atoms. The van der Waals surface area contributed by atoms with Gasteiger partial charge in [0, 0.05) is 37.4 Å². The van der Waals surface area contributed by atoms with Gasteiger partial charge in [-0.1, -0.05) is 0 Å². The van der Waals surface area contributed by atoms with Crippen LogP contribution in [0.15, 0.2) is 18.2 Å². The molecule has 1 aromatic carbocycles. The van der Waals surface area contributed by atoms with Crippen molar-refractivity contribution in [3.05, 3.63) is 34.1 Å². The lowest BCUT2D eigenvalue weighted by molar-refractivity contribution is -0.385. The molecule has 6 heteroatoms. The fourth-order valence-corrected chi connectivity index (χ4v) is 2.13. The molecule has 0 amide bonds. The van der Waals surface area contributed by atoms with E-state index < -0.39 is 10.7 Å². The molecule has 1 unspecified atom stereocenters. The van der Waals surface area contributed by atoms with Crippen molar-refractivity contribution in [3.63, 3.8) is 0 Å². The molecule has 0 aliphatic carbocycles. The van der Waals surface area contributed by atoms with Crippen LogP contribution in [0.5, 0.6) is 0 Å². The molecule has 1 aromatic rings. The van der Waals surface area contributed by atoms with Gasteiger partial charge in [-0.05, 0) is 20.0 Å². The third-order valence-electron chi connectivity index (χ3n) is 3.40. The van der Waals surface area contributed by atoms with Crippen molar-refractivity contribution in [1.82, 2.24) is 4.90 Å². The zero-order chi connectivity index (χ0) is 13.3. The highest BCUT2D eigenvalue weighted by Gasteiger charge is 2.22. The largest absolute Gasteiger partial charge is 0.368 e. The van der Waals surface area contributed by atoms with Gasteiger partial charge in [0.25, 0.3) is 5.69 Å². The van der Waals surface area contributed by atoms with Crippen LogP contribution in [0.1, 0.15) is 6.92 Å². The third kappa shape index (κ3) is 2.59. The monoisotopic (exact) mass is 253 g/mol. The van der Waals surface area contributed by atoms with Gasteiger partial charge < -0.3 is 9.80 Å². The molecule has 18 heavy (non-hydrogen) atoms. The van der Waals surface area contributed by atoms with Gasteiger partial charge in [0.1, 0.15) is 5.82 Å². The van der Waals surface area contributed by atoms with Gasteiger partial charge in [0.15, 0.2) is 0 Å². The summed E-state index contributed by atoms with van der Waals surface area (Å²) in [6.45, 7) is 4.45. The minimum Gasteiger partial charge on any atom is -0.368 e. The van der Waals surface area contributed by atoms with Crippen LogP contribution in [0.25, 0.3) is 0 Å². The van der Waals surface area contributed by atoms with Gasteiger partial charge in [-0.3, -0.25) is 10.1 Å². The van der Waals surface area contributed by atoms with E-state index in [2.05, 4.69) is 11.8 Å². The van der Waals surface area contributed by atoms with Crippen molar-refractivity contribution < 1.29 is 9.31 Å². The highest BCUT2D eigenvalue weighted by Crippen LogP contribution is 2.25. The molecule has 0 radical (unpaired) electrons. The third-order valence-corrected chi connectivity index (χ3v) is 3.40. The number of nitrogens with zero attached hydrogens (tertiary/aromatic N) is 3. The number of rotatable bonds is 2. The Morgan fingerprint density at radius 3 is 2.72 bits per heavy atom. The second kappa shape index (κ2) is 4.89. The lowest BCUT2D eigenvalue weighted by Crippen LogP contribution is -2.50. The number of anilines is 1. The lowest BCUT2D eigenvalue weighted by Gasteiger charge is -2.38. The van der Waals surface area contributed by atoms with E-state index in [0.717, 1.165) is 25.7 Å². The van der Waals surface area contributed by atoms with Crippen molar-refractivity contribution in [2.45, 2.75) is 13.0 Å². The first kappa shape index (κ1) is 12.8. The molecule has 1 fully saturated rings. The van der Waals surface area contributed by atoms with Crippen LogP contribution >= 0.6 is 0 Å². The normalized spacial score (nSPS) is 21.1. The van der Waals surface area contributed by atoms with E-state index in [1.807, 2.05) is 11.9 Å². The standard InChI is InChI=1S/C12H16FN3O2/c1-9-8-15(4-3-14(9)2)11-5-10(13)6-12(7-11)16(17)18/h5-7,9H,3-4,8H2,1-2H3. The van der Waals surface area contributed by atoms with Gasteiger partial charge in [-0.15, -0.1) is 0 Å². The maximum Gasteiger partial charge on any atom is 0.274 e. The summed E-state index contributed by atoms with van der Waals surface area (Å²) in [7, 11) is 2.04. The minimum absolute atomic E-state index is 0.198. The molecule has 98 valence electrons. The maximum absolute atomic E-state index is 13.4. The molecular weight excluding hydrogens is 237 g/mol. The summed E-state index contributed by atoms with van der Waals surface area (Å²) < 4.78 is 13.4. The average Bonchev–Trinajstić information content (AvgIpc) is 2.31. The topological polar surface area (TPSA) is 49.6 Å². The molecule has 0 spiro atoms. The van der Waals surface area contributed by atoms with Crippen LogP contribution in [-0.4, -0.2) is 42.5 Å². The fraction of sp³-hybridized carbons (Fsp3) is 0.500. The first-order chi connectivity index (χ1) is 8.47. The zero-order valence-electron chi connectivity index (χ0n) is 10.5. The number of benzene rings is 1. The van der Waals surface area contributed by atoms with E-state index in [1.165, 1.54) is 12.1 Å². The zero-order valence-corrected chi connectivity index (χ0v) is 10.5. The number of nitro groups is 1. The van der Waals surface area contributed by atoms with Gasteiger partial charge >= 0.3 is 0 Å². The Morgan fingerprint density at radius 1 is 1.39 bits per heavy atom. The average molecular weight is 253 g/mol. The highest BCUT2D eigenvalue weighted by atomic mass is 19.1. The van der Waals surface area contributed by atoms with Crippen molar-refractivity contribution >= 4 is 11.4 Å². The fourth-order valence-electron chi connectivity index (χ4n) is 2.13. The Labute approximate surface area is 105 Å². The molecule has 5 nitrogen and oxygen atoms in total. The van der Waals surface area contributed by atoms with E-state index in [1.54, 1.807) is 0 Å². The van der Waals surface area contributed by atoms with Gasteiger partial charge in [-0.25, -0.2) is 4.39 Å². The van der Waals surface area contributed by atoms with Crippen molar-refractivity contribution in [2.24, 2.45) is 0 Å². The Hall–Kier alpha value is -1.69. The van der Waals surface area contributed by atoms with E-state index in [-0.39, 0.29) is 5.69 Å². The molecule has 0 aromatic heterocycles. The summed E-state index contributed by atoms with van der Waals surface area (Å²) in [6.07, 6.45) is 0. The Kier molecular flexibility index (Phi) is 3.47. The van der Waals surface area contributed by atoms with Crippen LogP contribution in [0, 0.1) is 15.9 Å². The number of likely N-dealkylation sites (N-methyl/N-ethyl adjacent to an activating group) is 1. The van der Waals surface area contributed by atoms with E-state index >= 15 is 0 Å². The second-order valence-corrected chi connectivity index (χ2v) is 4.70. The summed E-state index contributed by atoms with van der Waals surface area (Å²) in [5.74, 6) is -0.564. The highest BCUT2D eigenvalue weighted by molar-refractivity contribution is 5.54. The molecule has 0 N–H and O–H groups in total. The Bertz CT molecular complexity index is 467. The molecule has 1 atom stereocenters. The first-order valence-corrected chi connectivity index (χ1v) is 5.87. The van der Waals surface area contributed by atoms with Gasteiger partial charge in [-0.2, -0.15) is 0 Å². The first-order valence-electron chi connectivity index (χ1n) is 5.87. The summed E-state index contributed by atoms with van der Waals surface area (Å²) >= 11 is 0. The quantitative estimate of drug-likeness (QED) is 0.596. The predicted octanol–water partition coefficient (Wildman–Crippen LogP) is 1.87. The molecular formula is C12H16FN3O2. The van der Waals surface area contributed by atoms with E-state index in [4.69, 9.17) is 0 Å². The van der Waals surface area contributed by atoms with E-state index in [9.17, 15) is 14.5 Å². The minimum atomic E-state index is -0.564. The molecule has 1 saturated heterocycles. The second-order valence-electron chi connectivity index (χ2n) is 4.70. The van der Waals surface area contributed by atoms with Crippen LogP contribution in [0.2, 0.25) is 0 Å². The van der Waals surface area contributed by atoms with Crippen molar-refractivity contribution in [2.75, 3.05) is 31.6 Å². The van der Waals surface area contributed by atoms with Crippen molar-refractivity contribution in [1.29, 1.82) is 0 Å². The lowest BCUT2D eigenvalue weighted by atomic mass is 10.1. The van der Waals surface area contributed by atoms with Crippen LogP contribution in [0.3, 0.4) is 0 Å². The molecule has 0 saturated carbocycles. The Morgan fingerprint density at radius 2 is 2.11 bits per heavy atom. The number of non-ortho nitro benzene ring substituents is 1. The van der Waals surface area contributed by atoms with Crippen LogP contribution < -0.4 is 4.90 Å². The smallest absolute Gasteiger partial charge is 0.274 e. The molecule has 1 aliphatic heterocycles. The number of halogens is 1. The van der Waals surface area contributed by atoms with Crippen LogP contribution in [-0.2, 0) is 0 Å². The summed E-state index contributed by atoms with van der Waals surface area (Å²) in [6, 6.07) is 4.08.